The second-order valence-electron chi connectivity index (χ2n) is 34.1. The Bertz CT molecular complexity index is 6350. The van der Waals surface area contributed by atoms with E-state index in [1.807, 2.05) is 140 Å². The smallest absolute Gasteiger partial charge is 0.416 e. The number of carbonyl (C=O) groups excluding carboxylic acids is 6. The van der Waals surface area contributed by atoms with Gasteiger partial charge in [0.25, 0.3) is 23.6 Å². The van der Waals surface area contributed by atoms with Crippen LogP contribution in [0.5, 0.6) is 69.0 Å². The van der Waals surface area contributed by atoms with Crippen molar-refractivity contribution in [2.45, 2.75) is 88.7 Å². The summed E-state index contributed by atoms with van der Waals surface area (Å²) in [4.78, 5) is 115. The van der Waals surface area contributed by atoms with E-state index in [4.69, 9.17) is 105 Å². The molecule has 8 aromatic carbocycles. The highest BCUT2D eigenvalue weighted by molar-refractivity contribution is 6.10. The maximum absolute atomic E-state index is 14.6. The van der Waals surface area contributed by atoms with E-state index in [0.29, 0.717) is 143 Å². The molecular formula is C110H110N10O24. The molecule has 0 bridgehead atoms. The number of aliphatic imine (C=N–C) groups is 2. The van der Waals surface area contributed by atoms with E-state index < -0.39 is 48.8 Å². The standard InChI is InChI=1S/C59H61N5O14.C51H49N5O10/c1-9-26-75-58(67)63-46-32-52(50(71-5)30-44(46)54(65)61-24-22-38(28-48(61)56(63)73-7)36-14-18-42(69-3)19-15-36)77-34-40-12-11-13-41(60-40)35-78-53-33-47-45(31-51(53)72-6)55(66)62-25-23-39(37-16-20-43(70-4)21-17-37)29-49(62)57(74-8)64(47)59(68)76-27-10-2;1-59-36-14-10-30(11-15-36)32-18-20-55-42(22-32)48(63-5)53-40-26-46(44(61-3)24-38(40)50(55)57)65-28-34-8-7-9-35(52-34)29-66-47-27-41-39(25-45(47)62-4)51(58)56-21-19-33(23-43(56)49(54-41)64-6)31-12-16-37(60-2)17-13-31/h9-21,28-33,48-49,56-57H,1-2,22-27,34-35H2,3-8H3;7-17,22-27,42-43H,18-21,28-29H2,1-6H3/t48-,49-,56?,57?;42-,43-/m00/s1. The van der Waals surface area contributed by atoms with Crippen LogP contribution in [0.15, 0.2) is 242 Å². The van der Waals surface area contributed by atoms with Crippen LogP contribution in [-0.4, -0.2) is 239 Å². The number of anilines is 2. The van der Waals surface area contributed by atoms with Crippen LogP contribution in [0.1, 0.15) is 112 Å². The highest BCUT2D eigenvalue weighted by Crippen LogP contribution is 2.48. The molecule has 10 aromatic rings. The van der Waals surface area contributed by atoms with Gasteiger partial charge in [0.05, 0.1) is 151 Å². The van der Waals surface area contributed by atoms with Crippen LogP contribution in [0.4, 0.5) is 32.3 Å². The fraction of sp³-hybridized carbons (Fsp3) is 0.291. The van der Waals surface area contributed by atoms with Gasteiger partial charge in [-0.25, -0.2) is 29.4 Å². The third-order valence-electron chi connectivity index (χ3n) is 26.0. The van der Waals surface area contributed by atoms with Crippen molar-refractivity contribution in [2.75, 3.05) is 135 Å². The molecule has 18 rings (SSSR count). The first-order valence-electron chi connectivity index (χ1n) is 46.6. The lowest BCUT2D eigenvalue weighted by atomic mass is 9.94. The molecule has 2 aromatic heterocycles. The van der Waals surface area contributed by atoms with Gasteiger partial charge in [-0.3, -0.25) is 29.1 Å². The summed E-state index contributed by atoms with van der Waals surface area (Å²) in [6.07, 6.45) is 9.71. The molecule has 8 aliphatic heterocycles. The van der Waals surface area contributed by atoms with Crippen LogP contribution < -0.4 is 66.6 Å². The Morgan fingerprint density at radius 1 is 0.333 bits per heavy atom. The molecule has 34 nitrogen and oxygen atoms in total. The first-order valence-corrected chi connectivity index (χ1v) is 46.6. The molecule has 6 atom stereocenters. The highest BCUT2D eigenvalue weighted by atomic mass is 16.6. The third-order valence-corrected chi connectivity index (χ3v) is 26.0. The van der Waals surface area contributed by atoms with Crippen molar-refractivity contribution in [2.24, 2.45) is 9.98 Å². The Kier molecular flexibility index (Phi) is 30.6. The fourth-order valence-electron chi connectivity index (χ4n) is 18.8. The van der Waals surface area contributed by atoms with E-state index in [0.717, 1.165) is 56.0 Å². The maximum atomic E-state index is 14.6. The minimum atomic E-state index is -1.02. The first kappa shape index (κ1) is 99.0. The Hall–Kier alpha value is -16.6. The second kappa shape index (κ2) is 44.5. The summed E-state index contributed by atoms with van der Waals surface area (Å²) in [5.41, 5.74) is 12.6. The SMILES string of the molecule is C=CCOC(=O)N1c2cc(OCc3cccc(COc4cc5c(cc4OC)C(=O)N4CCC(c6ccc(OC)cc6)=C[C@H]4C(OC)N5C(=O)OCC=C)n3)c(OC)cc2C(=O)N2CCC(c3ccc(OC)cc3)=C[C@H]2C1OC.COC1=Nc2cc(OCc3cccc(COc4cc5c(cc4OC)C(=O)N4CCC(c6ccc(OC)cc6)=C[C@H]4C(OC)=N5)n3)c(OC)cc2C(=O)N2CCC(c3ccc(OC)cc3)=C[C@@H]12. The number of hydrogen-bond acceptors (Lipinski definition) is 28. The van der Waals surface area contributed by atoms with E-state index in [1.54, 1.807) is 129 Å². The molecule has 0 saturated heterocycles. The summed E-state index contributed by atoms with van der Waals surface area (Å²) in [6.45, 7) is 8.84. The van der Waals surface area contributed by atoms with Crippen molar-refractivity contribution in [3.8, 4) is 69.0 Å². The van der Waals surface area contributed by atoms with Gasteiger partial charge in [-0.1, -0.05) is 98.1 Å². The van der Waals surface area contributed by atoms with Crippen LogP contribution in [0.25, 0.3) is 22.3 Å². The molecule has 10 heterocycles. The van der Waals surface area contributed by atoms with E-state index in [9.17, 15) is 28.8 Å². The zero-order valence-electron chi connectivity index (χ0n) is 81.8. The van der Waals surface area contributed by atoms with Crippen molar-refractivity contribution in [3.63, 3.8) is 0 Å². The summed E-state index contributed by atoms with van der Waals surface area (Å²) in [6, 6.07) is 52.4. The van der Waals surface area contributed by atoms with Crippen molar-refractivity contribution < 1.29 is 114 Å². The molecule has 0 radical (unpaired) electrons. The third kappa shape index (κ3) is 20.5. The van der Waals surface area contributed by atoms with Crippen LogP contribution in [0, 0.1) is 0 Å². The molecule has 744 valence electrons. The number of amides is 6. The molecule has 0 N–H and O–H groups in total. The van der Waals surface area contributed by atoms with Gasteiger partial charge in [0.2, 0.25) is 11.8 Å². The molecule has 8 aliphatic rings. The monoisotopic (exact) mass is 1950 g/mol. The van der Waals surface area contributed by atoms with E-state index in [2.05, 4.69) is 13.2 Å². The molecule has 144 heavy (non-hydrogen) atoms. The number of carbonyl (C=O) groups is 6. The molecule has 0 saturated carbocycles. The largest absolute Gasteiger partial charge is 0.497 e. The van der Waals surface area contributed by atoms with Gasteiger partial charge >= 0.3 is 12.2 Å². The number of ether oxygens (including phenoxy) is 18. The number of pyridine rings is 2. The molecule has 34 heteroatoms. The molecule has 2 unspecified atom stereocenters. The van der Waals surface area contributed by atoms with Gasteiger partial charge in [0, 0.05) is 64.7 Å². The van der Waals surface area contributed by atoms with Gasteiger partial charge in [-0.15, -0.1) is 0 Å². The van der Waals surface area contributed by atoms with E-state index in [-0.39, 0.29) is 109 Å². The van der Waals surface area contributed by atoms with Gasteiger partial charge in [0.1, 0.15) is 74.7 Å². The molecule has 0 aliphatic carbocycles. The zero-order chi connectivity index (χ0) is 101. The Morgan fingerprint density at radius 3 is 0.903 bits per heavy atom. The van der Waals surface area contributed by atoms with Crippen LogP contribution in [-0.2, 0) is 54.8 Å². The number of methoxy groups -OCH3 is 12. The number of fused-ring (bicyclic) bond motifs is 8. The van der Waals surface area contributed by atoms with Crippen LogP contribution in [0.2, 0.25) is 0 Å². The first-order chi connectivity index (χ1) is 70.2. The number of benzene rings is 8. The Balaban J connectivity index is 0.000000200. The summed E-state index contributed by atoms with van der Waals surface area (Å²) in [7, 11) is 18.5. The number of rotatable bonds is 30. The number of aromatic nitrogens is 2. The lowest BCUT2D eigenvalue weighted by Gasteiger charge is -2.39. The van der Waals surface area contributed by atoms with E-state index >= 15 is 0 Å². The summed E-state index contributed by atoms with van der Waals surface area (Å²) < 4.78 is 105. The fourth-order valence-corrected chi connectivity index (χ4v) is 18.8. The number of nitrogens with zero attached hydrogens (tertiary/aromatic N) is 10. The average molecular weight is 1960 g/mol. The van der Waals surface area contributed by atoms with Gasteiger partial charge < -0.3 is 105 Å². The van der Waals surface area contributed by atoms with Crippen molar-refractivity contribution in [1.82, 2.24) is 29.6 Å². The molecular weight excluding hydrogens is 1850 g/mol. The normalized spacial score (nSPS) is 18.1. The summed E-state index contributed by atoms with van der Waals surface area (Å²) in [5.74, 6) is 5.04. The predicted octanol–water partition coefficient (Wildman–Crippen LogP) is 17.4. The minimum Gasteiger partial charge on any atom is -0.497 e. The van der Waals surface area contributed by atoms with Crippen molar-refractivity contribution in [1.29, 1.82) is 0 Å². The van der Waals surface area contributed by atoms with Crippen LogP contribution in [0.3, 0.4) is 0 Å². The van der Waals surface area contributed by atoms with Gasteiger partial charge in [-0.05, 0) is 179 Å². The van der Waals surface area contributed by atoms with Gasteiger partial charge in [0.15, 0.2) is 58.5 Å². The number of hydrogen-bond donors (Lipinski definition) is 0. The predicted molar refractivity (Wildman–Crippen MR) is 537 cm³/mol. The zero-order valence-corrected chi connectivity index (χ0v) is 81.8. The lowest BCUT2D eigenvalue weighted by molar-refractivity contribution is 0.0274. The van der Waals surface area contributed by atoms with Gasteiger partial charge in [-0.2, -0.15) is 0 Å². The average Bonchev–Trinajstić information content (AvgIpc) is 1.60. The topological polar surface area (TPSA) is 338 Å². The lowest BCUT2D eigenvalue weighted by Crippen LogP contribution is -2.55. The van der Waals surface area contributed by atoms with Crippen LogP contribution >= 0.6 is 0 Å². The molecule has 6 amide bonds. The summed E-state index contributed by atoms with van der Waals surface area (Å²) in [5, 5.41) is 0. The Labute approximate surface area is 833 Å². The molecule has 0 fully saturated rings. The molecule has 0 spiro atoms. The van der Waals surface area contributed by atoms with Crippen molar-refractivity contribution >= 4 is 92.7 Å². The Morgan fingerprint density at radius 2 is 0.618 bits per heavy atom. The van der Waals surface area contributed by atoms with Crippen molar-refractivity contribution in [3.05, 3.63) is 299 Å². The second-order valence-corrected chi connectivity index (χ2v) is 34.1. The minimum absolute atomic E-state index is 0.0750. The summed E-state index contributed by atoms with van der Waals surface area (Å²) >= 11 is 0. The highest BCUT2D eigenvalue weighted by Gasteiger charge is 2.49. The van der Waals surface area contributed by atoms with E-state index in [1.165, 1.54) is 64.6 Å². The quantitative estimate of drug-likeness (QED) is 0.0377. The maximum Gasteiger partial charge on any atom is 0.416 e.